The van der Waals surface area contributed by atoms with E-state index >= 15 is 0 Å². The van der Waals surface area contributed by atoms with Gasteiger partial charge in [-0.3, -0.25) is 4.79 Å². The Morgan fingerprint density at radius 2 is 2.19 bits per heavy atom. The molecule has 146 valence electrons. The number of carboxylic acids is 1. The molecule has 0 aromatic rings. The minimum Gasteiger partial charge on any atom is -0.477 e. The van der Waals surface area contributed by atoms with Crippen molar-refractivity contribution in [2.75, 3.05) is 20.1 Å². The average Bonchev–Trinajstić information content (AvgIpc) is 3.15. The van der Waals surface area contributed by atoms with Gasteiger partial charge in [0.2, 0.25) is 5.91 Å². The second-order valence-electron chi connectivity index (χ2n) is 7.27. The average molecular weight is 385 g/mol. The molecule has 9 heteroatoms. The van der Waals surface area contributed by atoms with Gasteiger partial charge in [0.05, 0.1) is 24.2 Å². The zero-order valence-corrected chi connectivity index (χ0v) is 15.8. The number of carbonyl (C=O) groups excluding carboxylic acids is 1. The molecule has 0 radical (unpaired) electrons. The van der Waals surface area contributed by atoms with E-state index in [0.29, 0.717) is 24.3 Å². The van der Waals surface area contributed by atoms with Crippen molar-refractivity contribution in [2.45, 2.75) is 55.7 Å². The Kier molecular flexibility index (Phi) is 5.93. The largest absolute Gasteiger partial charge is 0.477 e. The van der Waals surface area contributed by atoms with Crippen LogP contribution in [0.15, 0.2) is 10.6 Å². The van der Waals surface area contributed by atoms with Gasteiger partial charge in [-0.2, -0.15) is 0 Å². The third-order valence-electron chi connectivity index (χ3n) is 5.48. The van der Waals surface area contributed by atoms with Crippen LogP contribution in [0.4, 0.5) is 0 Å². The Morgan fingerprint density at radius 3 is 2.81 bits per heavy atom. The monoisotopic (exact) mass is 385 g/mol. The fourth-order valence-electron chi connectivity index (χ4n) is 4.15. The summed E-state index contributed by atoms with van der Waals surface area (Å²) in [7, 11) is 1.85. The highest BCUT2D eigenvalue weighted by atomic mass is 32.2. The molecule has 0 unspecified atom stereocenters. The number of nitrogens with one attached hydrogen (secondary N) is 2. The van der Waals surface area contributed by atoms with E-state index in [1.165, 1.54) is 16.7 Å². The molecular formula is C17H27N3O5S. The van der Waals surface area contributed by atoms with Gasteiger partial charge >= 0.3 is 5.97 Å². The maximum absolute atomic E-state index is 12.2. The van der Waals surface area contributed by atoms with Gasteiger partial charge in [-0.15, -0.1) is 11.8 Å². The van der Waals surface area contributed by atoms with Crippen molar-refractivity contribution < 1.29 is 24.9 Å². The first kappa shape index (κ1) is 19.6. The van der Waals surface area contributed by atoms with E-state index in [-0.39, 0.29) is 28.9 Å². The van der Waals surface area contributed by atoms with Gasteiger partial charge < -0.3 is 30.9 Å². The SMILES string of the molecule is CNCC[C@@H](O)[C@@H]1C[C@H](SC2=C(C(=O)O)N3C(=O)[C@H]([C@@H](C)O)[C@H]3C2)CN1. The lowest BCUT2D eigenvalue weighted by Crippen LogP contribution is -2.61. The Bertz CT molecular complexity index is 611. The van der Waals surface area contributed by atoms with Crippen molar-refractivity contribution in [3.8, 4) is 0 Å². The number of amides is 1. The van der Waals surface area contributed by atoms with Crippen molar-refractivity contribution in [1.29, 1.82) is 0 Å². The lowest BCUT2D eigenvalue weighted by Gasteiger charge is -2.44. The van der Waals surface area contributed by atoms with Crippen LogP contribution in [-0.2, 0) is 9.59 Å². The van der Waals surface area contributed by atoms with E-state index in [4.69, 9.17) is 0 Å². The molecule has 0 aliphatic carbocycles. The topological polar surface area (TPSA) is 122 Å². The van der Waals surface area contributed by atoms with Gasteiger partial charge in [0.15, 0.2) is 0 Å². The second-order valence-corrected chi connectivity index (χ2v) is 8.67. The molecule has 0 aromatic heterocycles. The van der Waals surface area contributed by atoms with E-state index in [2.05, 4.69) is 10.6 Å². The molecule has 3 rings (SSSR count). The molecule has 26 heavy (non-hydrogen) atoms. The summed E-state index contributed by atoms with van der Waals surface area (Å²) in [4.78, 5) is 26.0. The number of carboxylic acid groups (broad SMARTS) is 1. The Hall–Kier alpha value is -1.13. The highest BCUT2D eigenvalue weighted by Gasteiger charge is 2.57. The van der Waals surface area contributed by atoms with Crippen LogP contribution < -0.4 is 10.6 Å². The lowest BCUT2D eigenvalue weighted by atomic mass is 9.83. The van der Waals surface area contributed by atoms with Crippen LogP contribution >= 0.6 is 11.8 Å². The number of aliphatic hydroxyl groups is 2. The van der Waals surface area contributed by atoms with Gasteiger partial charge in [0.1, 0.15) is 5.70 Å². The molecule has 2 fully saturated rings. The first-order chi connectivity index (χ1) is 12.3. The van der Waals surface area contributed by atoms with E-state index in [9.17, 15) is 24.9 Å². The third kappa shape index (κ3) is 3.50. The van der Waals surface area contributed by atoms with E-state index in [0.717, 1.165) is 13.0 Å². The number of hydrogen-bond donors (Lipinski definition) is 5. The quantitative estimate of drug-likeness (QED) is 0.349. The molecule has 5 N–H and O–H groups in total. The summed E-state index contributed by atoms with van der Waals surface area (Å²) >= 11 is 1.49. The molecule has 6 atom stereocenters. The summed E-state index contributed by atoms with van der Waals surface area (Å²) in [5, 5.41) is 36.1. The lowest BCUT2D eigenvalue weighted by molar-refractivity contribution is -0.161. The smallest absolute Gasteiger partial charge is 0.353 e. The second kappa shape index (κ2) is 7.85. The Labute approximate surface area is 157 Å². The van der Waals surface area contributed by atoms with Crippen LogP contribution in [0.5, 0.6) is 0 Å². The molecular weight excluding hydrogens is 358 g/mol. The van der Waals surface area contributed by atoms with Gasteiger partial charge in [-0.25, -0.2) is 4.79 Å². The molecule has 8 nitrogen and oxygen atoms in total. The van der Waals surface area contributed by atoms with Crippen LogP contribution in [0.2, 0.25) is 0 Å². The van der Waals surface area contributed by atoms with Crippen molar-refractivity contribution in [1.82, 2.24) is 15.5 Å². The molecule has 2 saturated heterocycles. The van der Waals surface area contributed by atoms with Crippen LogP contribution in [0.25, 0.3) is 0 Å². The number of aliphatic carboxylic acids is 1. The molecule has 3 aliphatic heterocycles. The normalized spacial score (nSPS) is 33.2. The number of aliphatic hydroxyl groups excluding tert-OH is 2. The van der Waals surface area contributed by atoms with Gasteiger partial charge in [0.25, 0.3) is 0 Å². The fourth-order valence-corrected chi connectivity index (χ4v) is 5.60. The van der Waals surface area contributed by atoms with Crippen LogP contribution in [0, 0.1) is 5.92 Å². The zero-order chi connectivity index (χ0) is 19.0. The maximum atomic E-state index is 12.2. The molecule has 0 bridgehead atoms. The van der Waals surface area contributed by atoms with E-state index in [1.54, 1.807) is 6.92 Å². The van der Waals surface area contributed by atoms with Gasteiger partial charge in [0, 0.05) is 29.2 Å². The van der Waals surface area contributed by atoms with Crippen LogP contribution in [0.3, 0.4) is 0 Å². The maximum Gasteiger partial charge on any atom is 0.353 e. The first-order valence-corrected chi connectivity index (χ1v) is 9.93. The molecule has 1 amide bonds. The Morgan fingerprint density at radius 1 is 1.46 bits per heavy atom. The van der Waals surface area contributed by atoms with Crippen molar-refractivity contribution >= 4 is 23.6 Å². The van der Waals surface area contributed by atoms with Crippen molar-refractivity contribution in [3.63, 3.8) is 0 Å². The van der Waals surface area contributed by atoms with E-state index in [1.807, 2.05) is 7.05 Å². The summed E-state index contributed by atoms with van der Waals surface area (Å²) in [5.41, 5.74) is 0.0704. The van der Waals surface area contributed by atoms with Gasteiger partial charge in [-0.1, -0.05) is 0 Å². The fraction of sp³-hybridized carbons (Fsp3) is 0.765. The summed E-state index contributed by atoms with van der Waals surface area (Å²) in [5.74, 6) is -1.91. The summed E-state index contributed by atoms with van der Waals surface area (Å²) in [6.07, 6.45) is 0.685. The summed E-state index contributed by atoms with van der Waals surface area (Å²) in [6.45, 7) is 3.01. The standard InChI is InChI=1S/C17H27N3O5S/c1-8(21)14-11-6-13(15(17(24)25)20(11)16(14)23)26-9-5-10(19-7-9)12(22)3-4-18-2/h8-12,14,18-19,21-22H,3-7H2,1-2H3,(H,24,25)/t8-,9+,10+,11-,12-,14-/m1/s1. The van der Waals surface area contributed by atoms with Crippen molar-refractivity contribution in [2.24, 2.45) is 5.92 Å². The number of thioether (sulfide) groups is 1. The predicted molar refractivity (Wildman–Crippen MR) is 97.4 cm³/mol. The number of fused-ring (bicyclic) bond motifs is 1. The highest BCUT2D eigenvalue weighted by molar-refractivity contribution is 8.03. The Balaban J connectivity index is 1.65. The highest BCUT2D eigenvalue weighted by Crippen LogP contribution is 2.48. The predicted octanol–water partition coefficient (Wildman–Crippen LogP) is -0.672. The minimum atomic E-state index is -1.09. The third-order valence-corrected chi connectivity index (χ3v) is 6.82. The van der Waals surface area contributed by atoms with Crippen LogP contribution in [-0.4, -0.2) is 81.8 Å². The molecule has 3 aliphatic rings. The number of hydrogen-bond acceptors (Lipinski definition) is 7. The minimum absolute atomic E-state index is 0.00000336. The summed E-state index contributed by atoms with van der Waals surface area (Å²) in [6, 6.07) is -0.248. The molecule has 0 saturated carbocycles. The van der Waals surface area contributed by atoms with E-state index < -0.39 is 24.1 Å². The first-order valence-electron chi connectivity index (χ1n) is 9.05. The molecule has 0 aromatic carbocycles. The van der Waals surface area contributed by atoms with Gasteiger partial charge in [-0.05, 0) is 33.4 Å². The van der Waals surface area contributed by atoms with Crippen LogP contribution in [0.1, 0.15) is 26.2 Å². The molecule has 0 spiro atoms. The number of rotatable bonds is 8. The number of nitrogens with zero attached hydrogens (tertiary/aromatic N) is 1. The molecule has 3 heterocycles. The zero-order valence-electron chi connectivity index (χ0n) is 15.0. The number of carbonyl (C=O) groups is 2. The summed E-state index contributed by atoms with van der Waals surface area (Å²) < 4.78 is 0. The van der Waals surface area contributed by atoms with Crippen molar-refractivity contribution in [3.05, 3.63) is 10.6 Å². The number of β-lactam (4-membered cyclic amide) rings is 1.